The molecule has 6 nitrogen and oxygen atoms in total. The van der Waals surface area contributed by atoms with Gasteiger partial charge in [-0.3, -0.25) is 9.59 Å². The molecule has 1 aromatic heterocycles. The summed E-state index contributed by atoms with van der Waals surface area (Å²) in [5.74, 6) is 0.833. The molecule has 1 aromatic rings. The maximum atomic E-state index is 12.6. The highest BCUT2D eigenvalue weighted by atomic mass is 16.5. The molecule has 0 unspecified atom stereocenters. The Bertz CT molecular complexity index is 541. The van der Waals surface area contributed by atoms with Crippen LogP contribution in [0.15, 0.2) is 16.9 Å². The first-order chi connectivity index (χ1) is 13.2. The molecule has 0 atom stereocenters. The van der Waals surface area contributed by atoms with Gasteiger partial charge in [-0.15, -0.1) is 0 Å². The summed E-state index contributed by atoms with van der Waals surface area (Å²) < 4.78 is 4.71. The number of nitrogens with one attached hydrogen (secondary N) is 1. The van der Waals surface area contributed by atoms with Crippen LogP contribution in [0.1, 0.15) is 84.0 Å². The van der Waals surface area contributed by atoms with Crippen molar-refractivity contribution in [2.75, 3.05) is 18.4 Å². The Kier molecular flexibility index (Phi) is 9.95. The van der Waals surface area contributed by atoms with Crippen LogP contribution in [0.25, 0.3) is 0 Å². The van der Waals surface area contributed by atoms with Crippen LogP contribution in [0.5, 0.6) is 0 Å². The van der Waals surface area contributed by atoms with Gasteiger partial charge in [-0.1, -0.05) is 63.4 Å². The van der Waals surface area contributed by atoms with Gasteiger partial charge in [0.15, 0.2) is 5.82 Å². The van der Waals surface area contributed by atoms with Crippen LogP contribution >= 0.6 is 0 Å². The number of hydrogen-bond acceptors (Lipinski definition) is 4. The standard InChI is InChI=1S/C21H35N3O3/c1-2-3-4-5-6-7-8-9-10-11-21(26)24(16-18-12-13-18)17-20(25)22-19-14-15-27-23-19/h14-15,18H,2-13,16-17H2,1H3,(H,22,23,25). The van der Waals surface area contributed by atoms with Crippen LogP contribution in [0, 0.1) is 5.92 Å². The highest BCUT2D eigenvalue weighted by Gasteiger charge is 2.27. The lowest BCUT2D eigenvalue weighted by Gasteiger charge is -2.22. The maximum Gasteiger partial charge on any atom is 0.245 e. The first kappa shape index (κ1) is 21.5. The minimum Gasteiger partial charge on any atom is -0.363 e. The van der Waals surface area contributed by atoms with Crippen molar-refractivity contribution in [3.63, 3.8) is 0 Å². The van der Waals surface area contributed by atoms with Gasteiger partial charge in [-0.25, -0.2) is 0 Å². The van der Waals surface area contributed by atoms with Crippen molar-refractivity contribution in [1.29, 1.82) is 0 Å². The van der Waals surface area contributed by atoms with Crippen LogP contribution in [0.2, 0.25) is 0 Å². The smallest absolute Gasteiger partial charge is 0.245 e. The molecule has 1 N–H and O–H groups in total. The lowest BCUT2D eigenvalue weighted by Crippen LogP contribution is -2.39. The predicted molar refractivity (Wildman–Crippen MR) is 106 cm³/mol. The number of unbranched alkanes of at least 4 members (excludes halogenated alkanes) is 8. The third kappa shape index (κ3) is 9.59. The Morgan fingerprint density at radius 1 is 1.11 bits per heavy atom. The minimum absolute atomic E-state index is 0.0968. The molecular formula is C21H35N3O3. The molecule has 2 rings (SSSR count). The van der Waals surface area contributed by atoms with Crippen LogP contribution in [0.4, 0.5) is 5.82 Å². The molecule has 1 fully saturated rings. The van der Waals surface area contributed by atoms with Gasteiger partial charge >= 0.3 is 0 Å². The SMILES string of the molecule is CCCCCCCCCCCC(=O)N(CC(=O)Nc1ccon1)CC1CC1. The average molecular weight is 378 g/mol. The fourth-order valence-electron chi connectivity index (χ4n) is 3.24. The zero-order valence-electron chi connectivity index (χ0n) is 16.8. The van der Waals surface area contributed by atoms with E-state index in [9.17, 15) is 9.59 Å². The van der Waals surface area contributed by atoms with E-state index in [0.29, 0.717) is 24.7 Å². The Labute approximate surface area is 163 Å². The van der Waals surface area contributed by atoms with Crippen molar-refractivity contribution in [3.8, 4) is 0 Å². The minimum atomic E-state index is -0.218. The first-order valence-corrected chi connectivity index (χ1v) is 10.7. The van der Waals surface area contributed by atoms with E-state index in [-0.39, 0.29) is 18.4 Å². The molecule has 1 saturated carbocycles. The second kappa shape index (κ2) is 12.5. The van der Waals surface area contributed by atoms with Crippen molar-refractivity contribution in [1.82, 2.24) is 10.1 Å². The molecule has 0 saturated heterocycles. The molecule has 0 aliphatic heterocycles. The lowest BCUT2D eigenvalue weighted by molar-refractivity contribution is -0.135. The summed E-state index contributed by atoms with van der Waals surface area (Å²) in [6.45, 7) is 3.03. The highest BCUT2D eigenvalue weighted by Crippen LogP contribution is 2.30. The van der Waals surface area contributed by atoms with E-state index in [0.717, 1.165) is 25.7 Å². The Morgan fingerprint density at radius 3 is 2.37 bits per heavy atom. The van der Waals surface area contributed by atoms with Crippen molar-refractivity contribution in [2.45, 2.75) is 84.0 Å². The van der Waals surface area contributed by atoms with Gasteiger partial charge in [0.05, 0.1) is 6.54 Å². The molecule has 1 heterocycles. The Morgan fingerprint density at radius 2 is 1.78 bits per heavy atom. The highest BCUT2D eigenvalue weighted by molar-refractivity contribution is 5.93. The Hall–Kier alpha value is -1.85. The van der Waals surface area contributed by atoms with Crippen molar-refractivity contribution in [2.24, 2.45) is 5.92 Å². The van der Waals surface area contributed by atoms with Gasteiger partial charge in [0, 0.05) is 19.0 Å². The summed E-state index contributed by atoms with van der Waals surface area (Å²) in [7, 11) is 0. The van der Waals surface area contributed by atoms with E-state index in [1.54, 1.807) is 11.0 Å². The molecular weight excluding hydrogens is 342 g/mol. The fraction of sp³-hybridized carbons (Fsp3) is 0.762. The topological polar surface area (TPSA) is 75.4 Å². The summed E-state index contributed by atoms with van der Waals surface area (Å²) in [6, 6.07) is 1.59. The largest absolute Gasteiger partial charge is 0.363 e. The number of carbonyl (C=O) groups is 2. The van der Waals surface area contributed by atoms with Gasteiger partial charge in [-0.2, -0.15) is 0 Å². The van der Waals surface area contributed by atoms with Gasteiger partial charge in [0.2, 0.25) is 11.8 Å². The monoisotopic (exact) mass is 377 g/mol. The molecule has 152 valence electrons. The molecule has 27 heavy (non-hydrogen) atoms. The molecule has 0 spiro atoms. The van der Waals surface area contributed by atoms with Crippen LogP contribution < -0.4 is 5.32 Å². The van der Waals surface area contributed by atoms with E-state index in [1.165, 1.54) is 51.2 Å². The zero-order chi connectivity index (χ0) is 19.3. The number of aromatic nitrogens is 1. The molecule has 1 aliphatic carbocycles. The fourth-order valence-corrected chi connectivity index (χ4v) is 3.24. The molecule has 2 amide bonds. The summed E-state index contributed by atoms with van der Waals surface area (Å²) in [4.78, 5) is 26.4. The summed E-state index contributed by atoms with van der Waals surface area (Å²) in [5.41, 5.74) is 0. The number of amides is 2. The second-order valence-electron chi connectivity index (χ2n) is 7.73. The average Bonchev–Trinajstić information content (AvgIpc) is 3.33. The van der Waals surface area contributed by atoms with Crippen molar-refractivity contribution >= 4 is 17.6 Å². The number of nitrogens with zero attached hydrogens (tertiary/aromatic N) is 2. The van der Waals surface area contributed by atoms with Gasteiger partial charge in [0.25, 0.3) is 0 Å². The van der Waals surface area contributed by atoms with Crippen LogP contribution in [0.3, 0.4) is 0 Å². The molecule has 1 aliphatic rings. The molecule has 0 bridgehead atoms. The molecule has 0 aromatic carbocycles. The van der Waals surface area contributed by atoms with Gasteiger partial charge < -0.3 is 14.7 Å². The second-order valence-corrected chi connectivity index (χ2v) is 7.73. The summed E-state index contributed by atoms with van der Waals surface area (Å²) in [6.07, 6.45) is 15.4. The van der Waals surface area contributed by atoms with Crippen LogP contribution in [-0.4, -0.2) is 35.0 Å². The van der Waals surface area contributed by atoms with Crippen LogP contribution in [-0.2, 0) is 9.59 Å². The number of carbonyl (C=O) groups excluding carboxylic acids is 2. The quantitative estimate of drug-likeness (QED) is 0.447. The normalized spacial score (nSPS) is 13.5. The summed E-state index contributed by atoms with van der Waals surface area (Å²) in [5, 5.41) is 6.34. The van der Waals surface area contributed by atoms with Crippen molar-refractivity contribution < 1.29 is 14.1 Å². The Balaban J connectivity index is 1.61. The van der Waals surface area contributed by atoms with E-state index in [2.05, 4.69) is 17.4 Å². The number of anilines is 1. The summed E-state index contributed by atoms with van der Waals surface area (Å²) >= 11 is 0. The van der Waals surface area contributed by atoms with E-state index in [1.807, 2.05) is 0 Å². The van der Waals surface area contributed by atoms with E-state index in [4.69, 9.17) is 4.52 Å². The molecule has 6 heteroatoms. The van der Waals surface area contributed by atoms with Gasteiger partial charge in [-0.05, 0) is 25.2 Å². The maximum absolute atomic E-state index is 12.6. The van der Waals surface area contributed by atoms with Gasteiger partial charge in [0.1, 0.15) is 6.26 Å². The lowest BCUT2D eigenvalue weighted by atomic mass is 10.1. The van der Waals surface area contributed by atoms with E-state index < -0.39 is 0 Å². The zero-order valence-corrected chi connectivity index (χ0v) is 16.8. The van der Waals surface area contributed by atoms with Crippen molar-refractivity contribution in [3.05, 3.63) is 12.3 Å². The number of hydrogen-bond donors (Lipinski definition) is 1. The van der Waals surface area contributed by atoms with E-state index >= 15 is 0 Å². The third-order valence-corrected chi connectivity index (χ3v) is 5.06. The predicted octanol–water partition coefficient (Wildman–Crippen LogP) is 4.77. The first-order valence-electron chi connectivity index (χ1n) is 10.7. The third-order valence-electron chi connectivity index (χ3n) is 5.06. The number of rotatable bonds is 15. The molecule has 0 radical (unpaired) electrons.